The van der Waals surface area contributed by atoms with E-state index in [-0.39, 0.29) is 0 Å². The van der Waals surface area contributed by atoms with Crippen LogP contribution in [0.4, 0.5) is 0 Å². The van der Waals surface area contributed by atoms with Gasteiger partial charge in [-0.2, -0.15) is 0 Å². The molecular formula is C9H10Br. The van der Waals surface area contributed by atoms with E-state index in [4.69, 9.17) is 0 Å². The highest BCUT2D eigenvalue weighted by molar-refractivity contribution is 9.09. The third kappa shape index (κ3) is 1.84. The van der Waals surface area contributed by atoms with Crippen LogP contribution in [0.25, 0.3) is 0 Å². The average molecular weight is 198 g/mol. The van der Waals surface area contributed by atoms with Crippen LogP contribution in [0.15, 0.2) is 30.3 Å². The zero-order valence-corrected chi connectivity index (χ0v) is 7.34. The first-order valence-corrected chi connectivity index (χ1v) is 4.24. The van der Waals surface area contributed by atoms with Crippen molar-refractivity contribution in [3.05, 3.63) is 42.8 Å². The molecule has 0 N–H and O–H groups in total. The summed E-state index contributed by atoms with van der Waals surface area (Å²) >= 11 is 3.52. The minimum atomic E-state index is 0.411. The van der Waals surface area contributed by atoms with Gasteiger partial charge < -0.3 is 0 Å². The highest BCUT2D eigenvalue weighted by Gasteiger charge is 2.01. The van der Waals surface area contributed by atoms with Gasteiger partial charge in [0.15, 0.2) is 0 Å². The lowest BCUT2D eigenvalue weighted by Crippen LogP contribution is -1.84. The van der Waals surface area contributed by atoms with E-state index in [1.54, 1.807) is 0 Å². The normalized spacial score (nSPS) is 13.0. The van der Waals surface area contributed by atoms with Crippen molar-refractivity contribution in [2.75, 3.05) is 0 Å². The smallest absolute Gasteiger partial charge is 0.0395 e. The Balaban J connectivity index is 2.75. The van der Waals surface area contributed by atoms with Crippen LogP contribution in [-0.4, -0.2) is 0 Å². The van der Waals surface area contributed by atoms with Crippen molar-refractivity contribution in [2.45, 2.75) is 11.2 Å². The molecule has 0 heterocycles. The van der Waals surface area contributed by atoms with Crippen LogP contribution in [0.2, 0.25) is 0 Å². The summed E-state index contributed by atoms with van der Waals surface area (Å²) in [6.45, 7) is 3.82. The largest absolute Gasteiger partial charge is 0.0839 e. The van der Waals surface area contributed by atoms with E-state index in [1.807, 2.05) is 18.2 Å². The second-order valence-corrected chi connectivity index (χ2v) is 3.27. The van der Waals surface area contributed by atoms with E-state index in [2.05, 4.69) is 35.0 Å². The summed E-state index contributed by atoms with van der Waals surface area (Å²) in [5.74, 6) is 0. The molecular weight excluding hydrogens is 188 g/mol. The molecule has 53 valence electrons. The summed E-state index contributed by atoms with van der Waals surface area (Å²) in [5.41, 5.74) is 1.30. The van der Waals surface area contributed by atoms with E-state index in [0.29, 0.717) is 4.83 Å². The monoisotopic (exact) mass is 197 g/mol. The third-order valence-corrected chi connectivity index (χ3v) is 2.40. The van der Waals surface area contributed by atoms with Crippen LogP contribution in [0, 0.1) is 6.92 Å². The Hall–Kier alpha value is -0.300. The lowest BCUT2D eigenvalue weighted by molar-refractivity contribution is 0.987. The van der Waals surface area contributed by atoms with E-state index in [9.17, 15) is 0 Å². The fraction of sp³-hybridized carbons (Fsp3) is 0.222. The lowest BCUT2D eigenvalue weighted by Gasteiger charge is -2.04. The highest BCUT2D eigenvalue weighted by Crippen LogP contribution is 2.24. The molecule has 0 aliphatic carbocycles. The second kappa shape index (κ2) is 3.77. The topological polar surface area (TPSA) is 0 Å². The van der Waals surface area contributed by atoms with E-state index >= 15 is 0 Å². The number of halogens is 1. The van der Waals surface area contributed by atoms with Crippen molar-refractivity contribution in [3.8, 4) is 0 Å². The molecule has 1 aromatic rings. The van der Waals surface area contributed by atoms with Crippen LogP contribution in [0.5, 0.6) is 0 Å². The van der Waals surface area contributed by atoms with E-state index in [1.165, 1.54) is 5.56 Å². The van der Waals surface area contributed by atoms with Crippen LogP contribution in [-0.2, 0) is 0 Å². The van der Waals surface area contributed by atoms with Crippen molar-refractivity contribution in [1.29, 1.82) is 0 Å². The molecule has 0 saturated carbocycles. The van der Waals surface area contributed by atoms with Crippen molar-refractivity contribution in [3.63, 3.8) is 0 Å². The molecule has 0 amide bonds. The fourth-order valence-electron chi connectivity index (χ4n) is 0.829. The minimum Gasteiger partial charge on any atom is -0.0839 e. The van der Waals surface area contributed by atoms with Gasteiger partial charge >= 0.3 is 0 Å². The van der Waals surface area contributed by atoms with Gasteiger partial charge in [-0.1, -0.05) is 53.2 Å². The van der Waals surface area contributed by atoms with E-state index in [0.717, 1.165) is 6.42 Å². The highest BCUT2D eigenvalue weighted by atomic mass is 79.9. The lowest BCUT2D eigenvalue weighted by atomic mass is 10.1. The van der Waals surface area contributed by atoms with Crippen LogP contribution < -0.4 is 0 Å². The molecule has 0 fully saturated rings. The van der Waals surface area contributed by atoms with Crippen LogP contribution in [0.1, 0.15) is 16.8 Å². The van der Waals surface area contributed by atoms with Gasteiger partial charge in [-0.15, -0.1) is 0 Å². The van der Waals surface area contributed by atoms with Crippen molar-refractivity contribution in [1.82, 2.24) is 0 Å². The van der Waals surface area contributed by atoms with Crippen LogP contribution >= 0.6 is 15.9 Å². The summed E-state index contributed by atoms with van der Waals surface area (Å²) in [6, 6.07) is 10.3. The molecule has 0 nitrogen and oxygen atoms in total. The first-order chi connectivity index (χ1) is 4.84. The predicted molar refractivity (Wildman–Crippen MR) is 48.1 cm³/mol. The maximum Gasteiger partial charge on any atom is 0.0395 e. The minimum absolute atomic E-state index is 0.411. The maximum atomic E-state index is 3.82. The Labute approximate surface area is 70.4 Å². The Kier molecular flexibility index (Phi) is 2.94. The van der Waals surface area contributed by atoms with Gasteiger partial charge in [-0.25, -0.2) is 0 Å². The summed E-state index contributed by atoms with van der Waals surface area (Å²) in [4.78, 5) is 0.411. The fourth-order valence-corrected chi connectivity index (χ4v) is 1.13. The molecule has 1 aromatic carbocycles. The van der Waals surface area contributed by atoms with Gasteiger partial charge in [0.2, 0.25) is 0 Å². The summed E-state index contributed by atoms with van der Waals surface area (Å²) in [6.07, 6.45) is 0.893. The van der Waals surface area contributed by atoms with Crippen molar-refractivity contribution in [2.24, 2.45) is 0 Å². The third-order valence-electron chi connectivity index (χ3n) is 1.41. The van der Waals surface area contributed by atoms with Crippen LogP contribution in [0.3, 0.4) is 0 Å². The molecule has 1 rings (SSSR count). The quantitative estimate of drug-likeness (QED) is 0.639. The number of alkyl halides is 1. The van der Waals surface area contributed by atoms with Gasteiger partial charge in [-0.3, -0.25) is 0 Å². The standard InChI is InChI=1S/C9H10Br/c1-2-9(10)8-6-4-3-5-7-8/h3-7,9H,1-2H2. The zero-order chi connectivity index (χ0) is 7.40. The SMILES string of the molecule is [CH2]CC(Br)c1ccccc1. The maximum absolute atomic E-state index is 3.82. The first-order valence-electron chi connectivity index (χ1n) is 3.33. The van der Waals surface area contributed by atoms with Gasteiger partial charge in [0.25, 0.3) is 0 Å². The van der Waals surface area contributed by atoms with Crippen molar-refractivity contribution < 1.29 is 0 Å². The number of benzene rings is 1. The van der Waals surface area contributed by atoms with Gasteiger partial charge in [-0.05, 0) is 12.0 Å². The molecule has 0 bridgehead atoms. The summed E-state index contributed by atoms with van der Waals surface area (Å²) in [5, 5.41) is 0. The molecule has 1 atom stereocenters. The molecule has 10 heavy (non-hydrogen) atoms. The molecule has 0 aliphatic heterocycles. The van der Waals surface area contributed by atoms with E-state index < -0.39 is 0 Å². The van der Waals surface area contributed by atoms with Gasteiger partial charge in [0.05, 0.1) is 0 Å². The predicted octanol–water partition coefficient (Wildman–Crippen LogP) is 3.35. The Morgan fingerprint density at radius 2 is 1.90 bits per heavy atom. The molecule has 1 unspecified atom stereocenters. The first kappa shape index (κ1) is 7.80. The molecule has 1 heteroatoms. The summed E-state index contributed by atoms with van der Waals surface area (Å²) in [7, 11) is 0. The number of hydrogen-bond acceptors (Lipinski definition) is 0. The molecule has 0 aliphatic rings. The number of hydrogen-bond donors (Lipinski definition) is 0. The Morgan fingerprint density at radius 1 is 1.30 bits per heavy atom. The number of rotatable bonds is 2. The Bertz CT molecular complexity index is 181. The average Bonchev–Trinajstić information content (AvgIpc) is 2.05. The molecule has 1 radical (unpaired) electrons. The van der Waals surface area contributed by atoms with Gasteiger partial charge in [0, 0.05) is 4.83 Å². The molecule has 0 spiro atoms. The second-order valence-electron chi connectivity index (χ2n) is 2.17. The zero-order valence-electron chi connectivity index (χ0n) is 5.76. The van der Waals surface area contributed by atoms with Gasteiger partial charge in [0.1, 0.15) is 0 Å². The molecule has 0 aromatic heterocycles. The van der Waals surface area contributed by atoms with Crippen molar-refractivity contribution >= 4 is 15.9 Å². The summed E-state index contributed by atoms with van der Waals surface area (Å²) < 4.78 is 0. The Morgan fingerprint density at radius 3 is 2.40 bits per heavy atom. The molecule has 0 saturated heterocycles.